The SMILES string of the molecule is COC(=O)CNC(=O)CSCC#N. The monoisotopic (exact) mass is 202 g/mol. The number of carbonyl (C=O) groups excluding carboxylic acids is 2. The average molecular weight is 202 g/mol. The first-order chi connectivity index (χ1) is 6.20. The Labute approximate surface area is 80.4 Å². The third-order valence-corrected chi connectivity index (χ3v) is 1.86. The maximum atomic E-state index is 10.9. The fraction of sp³-hybridized carbons (Fsp3) is 0.571. The number of carbonyl (C=O) groups is 2. The third-order valence-electron chi connectivity index (χ3n) is 1.06. The van der Waals surface area contributed by atoms with Crippen molar-refractivity contribution in [3.63, 3.8) is 0 Å². The molecule has 6 heteroatoms. The molecule has 0 saturated carbocycles. The molecule has 5 nitrogen and oxygen atoms in total. The molecule has 0 atom stereocenters. The average Bonchev–Trinajstić information content (AvgIpc) is 2.14. The molecule has 0 radical (unpaired) electrons. The van der Waals surface area contributed by atoms with Crippen LogP contribution in [-0.4, -0.2) is 37.0 Å². The summed E-state index contributed by atoms with van der Waals surface area (Å²) < 4.78 is 4.31. The predicted molar refractivity (Wildman–Crippen MR) is 48.0 cm³/mol. The predicted octanol–water partition coefficient (Wildman–Crippen LogP) is -0.468. The molecule has 0 unspecified atom stereocenters. The molecule has 13 heavy (non-hydrogen) atoms. The van der Waals surface area contributed by atoms with Gasteiger partial charge < -0.3 is 10.1 Å². The molecule has 0 aliphatic heterocycles. The summed E-state index contributed by atoms with van der Waals surface area (Å²) in [4.78, 5) is 21.4. The lowest BCUT2D eigenvalue weighted by atomic mass is 10.6. The van der Waals surface area contributed by atoms with Gasteiger partial charge in [-0.25, -0.2) is 0 Å². The minimum absolute atomic E-state index is 0.123. The zero-order valence-corrected chi connectivity index (χ0v) is 8.02. The number of nitrogens with one attached hydrogen (secondary N) is 1. The lowest BCUT2D eigenvalue weighted by molar-refractivity contribution is -0.140. The number of thioether (sulfide) groups is 1. The number of hydrogen-bond acceptors (Lipinski definition) is 5. The molecule has 0 rings (SSSR count). The van der Waals surface area contributed by atoms with E-state index in [0.717, 1.165) is 0 Å². The van der Waals surface area contributed by atoms with Crippen LogP contribution in [0.1, 0.15) is 0 Å². The normalized spacial score (nSPS) is 8.62. The van der Waals surface area contributed by atoms with Crippen LogP contribution < -0.4 is 5.32 Å². The second-order valence-electron chi connectivity index (χ2n) is 2.00. The minimum atomic E-state index is -0.487. The summed E-state index contributed by atoms with van der Waals surface area (Å²) in [5, 5.41) is 10.5. The number of rotatable bonds is 5. The molecule has 0 aromatic heterocycles. The van der Waals surface area contributed by atoms with Crippen LogP contribution in [-0.2, 0) is 14.3 Å². The van der Waals surface area contributed by atoms with Crippen molar-refractivity contribution in [3.05, 3.63) is 0 Å². The minimum Gasteiger partial charge on any atom is -0.468 e. The van der Waals surface area contributed by atoms with Gasteiger partial charge in [-0.1, -0.05) is 0 Å². The fourth-order valence-electron chi connectivity index (χ4n) is 0.483. The number of nitrogens with zero attached hydrogens (tertiary/aromatic N) is 1. The summed E-state index contributed by atoms with van der Waals surface area (Å²) in [6.45, 7) is -0.123. The Morgan fingerprint density at radius 2 is 2.31 bits per heavy atom. The fourth-order valence-corrected chi connectivity index (χ4v) is 0.964. The molecule has 0 saturated heterocycles. The molecular weight excluding hydrogens is 192 g/mol. The molecule has 0 bridgehead atoms. The quantitative estimate of drug-likeness (QED) is 0.481. The maximum Gasteiger partial charge on any atom is 0.325 e. The van der Waals surface area contributed by atoms with Crippen molar-refractivity contribution >= 4 is 23.6 Å². The second kappa shape index (κ2) is 7.43. The van der Waals surface area contributed by atoms with E-state index < -0.39 is 5.97 Å². The first-order valence-corrected chi connectivity index (χ1v) is 4.64. The lowest BCUT2D eigenvalue weighted by Crippen LogP contribution is -2.31. The first kappa shape index (κ1) is 11.8. The van der Waals surface area contributed by atoms with Gasteiger partial charge in [-0.3, -0.25) is 9.59 Å². The van der Waals surface area contributed by atoms with E-state index in [1.807, 2.05) is 6.07 Å². The molecule has 0 aliphatic rings. The Hall–Kier alpha value is -1.22. The first-order valence-electron chi connectivity index (χ1n) is 3.49. The molecule has 0 spiro atoms. The Kier molecular flexibility index (Phi) is 6.73. The van der Waals surface area contributed by atoms with Crippen molar-refractivity contribution in [2.75, 3.05) is 25.2 Å². The van der Waals surface area contributed by atoms with Crippen LogP contribution in [0.25, 0.3) is 0 Å². The van der Waals surface area contributed by atoms with Crippen molar-refractivity contribution < 1.29 is 14.3 Å². The van der Waals surface area contributed by atoms with Crippen LogP contribution in [0, 0.1) is 11.3 Å². The van der Waals surface area contributed by atoms with Gasteiger partial charge in [0.05, 0.1) is 24.7 Å². The summed E-state index contributed by atoms with van der Waals surface area (Å²) in [5.41, 5.74) is 0. The molecular formula is C7H10N2O3S. The highest BCUT2D eigenvalue weighted by molar-refractivity contribution is 8.00. The van der Waals surface area contributed by atoms with Gasteiger partial charge in [-0.2, -0.15) is 5.26 Å². The van der Waals surface area contributed by atoms with Crippen LogP contribution >= 0.6 is 11.8 Å². The highest BCUT2D eigenvalue weighted by Crippen LogP contribution is 1.96. The van der Waals surface area contributed by atoms with Gasteiger partial charge in [0.1, 0.15) is 6.54 Å². The molecule has 1 amide bonds. The zero-order chi connectivity index (χ0) is 10.1. The highest BCUT2D eigenvalue weighted by Gasteiger charge is 2.04. The maximum absolute atomic E-state index is 10.9. The van der Waals surface area contributed by atoms with E-state index in [-0.39, 0.29) is 24.0 Å². The highest BCUT2D eigenvalue weighted by atomic mass is 32.2. The summed E-state index contributed by atoms with van der Waals surface area (Å²) in [6.07, 6.45) is 0. The van der Waals surface area contributed by atoms with Crippen LogP contribution in [0.15, 0.2) is 0 Å². The van der Waals surface area contributed by atoms with Gasteiger partial charge in [0.2, 0.25) is 5.91 Å². The standard InChI is InChI=1S/C7H10N2O3S/c1-12-7(11)4-9-6(10)5-13-3-2-8/h3-5H2,1H3,(H,9,10). The molecule has 0 aliphatic carbocycles. The Morgan fingerprint density at radius 3 is 2.85 bits per heavy atom. The molecule has 72 valence electrons. The number of nitriles is 1. The van der Waals surface area contributed by atoms with E-state index in [9.17, 15) is 9.59 Å². The van der Waals surface area contributed by atoms with Crippen molar-refractivity contribution in [1.82, 2.24) is 5.32 Å². The van der Waals surface area contributed by atoms with Gasteiger partial charge in [-0.15, -0.1) is 11.8 Å². The van der Waals surface area contributed by atoms with Crippen molar-refractivity contribution in [1.29, 1.82) is 5.26 Å². The van der Waals surface area contributed by atoms with E-state index in [2.05, 4.69) is 10.1 Å². The molecule has 0 aromatic rings. The van der Waals surface area contributed by atoms with Gasteiger partial charge in [-0.05, 0) is 0 Å². The van der Waals surface area contributed by atoms with Crippen LogP contribution in [0.5, 0.6) is 0 Å². The Morgan fingerprint density at radius 1 is 1.62 bits per heavy atom. The van der Waals surface area contributed by atoms with Crippen LogP contribution in [0.2, 0.25) is 0 Å². The number of amides is 1. The molecule has 0 fully saturated rings. The number of ether oxygens (including phenoxy) is 1. The summed E-state index contributed by atoms with van der Waals surface area (Å²) >= 11 is 1.20. The molecule has 1 N–H and O–H groups in total. The van der Waals surface area contributed by atoms with Crippen LogP contribution in [0.3, 0.4) is 0 Å². The third kappa shape index (κ3) is 7.15. The van der Waals surface area contributed by atoms with Crippen molar-refractivity contribution in [2.24, 2.45) is 0 Å². The van der Waals surface area contributed by atoms with E-state index in [4.69, 9.17) is 5.26 Å². The van der Waals surface area contributed by atoms with Gasteiger partial charge in [0.25, 0.3) is 0 Å². The van der Waals surface area contributed by atoms with Gasteiger partial charge in [0.15, 0.2) is 0 Å². The summed E-state index contributed by atoms with van der Waals surface area (Å²) in [6, 6.07) is 1.89. The van der Waals surface area contributed by atoms with Crippen molar-refractivity contribution in [3.8, 4) is 6.07 Å². The number of esters is 1. The molecule has 0 heterocycles. The topological polar surface area (TPSA) is 79.2 Å². The molecule has 0 aromatic carbocycles. The van der Waals surface area contributed by atoms with E-state index in [1.54, 1.807) is 0 Å². The van der Waals surface area contributed by atoms with E-state index in [1.165, 1.54) is 18.9 Å². The second-order valence-corrected chi connectivity index (χ2v) is 2.99. The summed E-state index contributed by atoms with van der Waals surface area (Å²) in [5.74, 6) is -0.305. The van der Waals surface area contributed by atoms with Crippen LogP contribution in [0.4, 0.5) is 0 Å². The van der Waals surface area contributed by atoms with E-state index in [0.29, 0.717) is 0 Å². The zero-order valence-electron chi connectivity index (χ0n) is 7.20. The lowest BCUT2D eigenvalue weighted by Gasteiger charge is -2.01. The van der Waals surface area contributed by atoms with Gasteiger partial charge >= 0.3 is 5.97 Å². The smallest absolute Gasteiger partial charge is 0.325 e. The van der Waals surface area contributed by atoms with Crippen molar-refractivity contribution in [2.45, 2.75) is 0 Å². The summed E-state index contributed by atoms with van der Waals surface area (Å²) in [7, 11) is 1.25. The van der Waals surface area contributed by atoms with Gasteiger partial charge in [0, 0.05) is 0 Å². The number of methoxy groups -OCH3 is 1. The van der Waals surface area contributed by atoms with E-state index >= 15 is 0 Å². The number of hydrogen-bond donors (Lipinski definition) is 1. The Balaban J connectivity index is 3.42. The Bertz CT molecular complexity index is 224. The largest absolute Gasteiger partial charge is 0.468 e.